The molecule has 1 saturated heterocycles. The van der Waals surface area contributed by atoms with Crippen LogP contribution in [0.25, 0.3) is 0 Å². The van der Waals surface area contributed by atoms with Crippen LogP contribution >= 0.6 is 0 Å². The summed E-state index contributed by atoms with van der Waals surface area (Å²) in [7, 11) is 0. The molecule has 18 heavy (non-hydrogen) atoms. The number of non-ortho nitro benzene ring substituents is 1. The summed E-state index contributed by atoms with van der Waals surface area (Å²) in [5.41, 5.74) is 0.321. The van der Waals surface area contributed by atoms with Crippen molar-refractivity contribution in [2.75, 3.05) is 19.6 Å². The average Bonchev–Trinajstić information content (AvgIpc) is 2.38. The third-order valence-electron chi connectivity index (χ3n) is 3.07. The van der Waals surface area contributed by atoms with Gasteiger partial charge in [0.1, 0.15) is 0 Å². The van der Waals surface area contributed by atoms with Crippen LogP contribution in [-0.2, 0) is 0 Å². The van der Waals surface area contributed by atoms with Gasteiger partial charge in [-0.2, -0.15) is 0 Å². The number of hydrogen-bond acceptors (Lipinski definition) is 4. The number of rotatable bonds is 2. The minimum absolute atomic E-state index is 0.0522. The lowest BCUT2D eigenvalue weighted by Gasteiger charge is -2.34. The van der Waals surface area contributed by atoms with Crippen LogP contribution in [0.1, 0.15) is 17.3 Å². The molecule has 6 heteroatoms. The largest absolute Gasteiger partial charge is 0.333 e. The van der Waals surface area contributed by atoms with Gasteiger partial charge in [-0.3, -0.25) is 14.9 Å². The van der Waals surface area contributed by atoms with Crippen molar-refractivity contribution < 1.29 is 9.72 Å². The van der Waals surface area contributed by atoms with Crippen LogP contribution in [0.5, 0.6) is 0 Å². The normalized spacial score (nSPS) is 19.6. The molecule has 1 amide bonds. The molecule has 0 radical (unpaired) electrons. The van der Waals surface area contributed by atoms with Crippen molar-refractivity contribution >= 4 is 11.6 Å². The second-order valence-corrected chi connectivity index (χ2v) is 4.36. The molecule has 0 unspecified atom stereocenters. The molecule has 96 valence electrons. The lowest BCUT2D eigenvalue weighted by Crippen LogP contribution is -2.52. The SMILES string of the molecule is C[C@@H]1CNCCN1C(=O)c1cccc([N+](=O)[O-])c1. The van der Waals surface area contributed by atoms with Gasteiger partial charge in [-0.1, -0.05) is 6.07 Å². The Kier molecular flexibility index (Phi) is 3.57. The number of nitrogens with one attached hydrogen (secondary N) is 1. The van der Waals surface area contributed by atoms with E-state index >= 15 is 0 Å². The average molecular weight is 249 g/mol. The van der Waals surface area contributed by atoms with E-state index < -0.39 is 4.92 Å². The van der Waals surface area contributed by atoms with Gasteiger partial charge < -0.3 is 10.2 Å². The maximum atomic E-state index is 12.3. The van der Waals surface area contributed by atoms with Gasteiger partial charge in [0.05, 0.1) is 4.92 Å². The lowest BCUT2D eigenvalue weighted by molar-refractivity contribution is -0.384. The van der Waals surface area contributed by atoms with Crippen molar-refractivity contribution in [3.05, 3.63) is 39.9 Å². The Bertz CT molecular complexity index is 475. The van der Waals surface area contributed by atoms with Crippen LogP contribution in [0.15, 0.2) is 24.3 Å². The number of carbonyl (C=O) groups excluding carboxylic acids is 1. The van der Waals surface area contributed by atoms with Crippen molar-refractivity contribution in [1.29, 1.82) is 0 Å². The van der Waals surface area contributed by atoms with Crippen molar-refractivity contribution in [1.82, 2.24) is 10.2 Å². The molecule has 1 aromatic rings. The fraction of sp³-hybridized carbons (Fsp3) is 0.417. The molecule has 0 aliphatic carbocycles. The molecule has 0 aromatic heterocycles. The minimum Gasteiger partial charge on any atom is -0.333 e. The molecule has 0 bridgehead atoms. The maximum absolute atomic E-state index is 12.3. The predicted molar refractivity (Wildman–Crippen MR) is 66.5 cm³/mol. The fourth-order valence-corrected chi connectivity index (χ4v) is 2.06. The summed E-state index contributed by atoms with van der Waals surface area (Å²) in [6.07, 6.45) is 0. The number of benzene rings is 1. The molecule has 0 spiro atoms. The molecule has 1 heterocycles. The third-order valence-corrected chi connectivity index (χ3v) is 3.07. The van der Waals surface area contributed by atoms with E-state index in [9.17, 15) is 14.9 Å². The maximum Gasteiger partial charge on any atom is 0.270 e. The van der Waals surface area contributed by atoms with Gasteiger partial charge in [-0.15, -0.1) is 0 Å². The number of nitro benzene ring substituents is 1. The van der Waals surface area contributed by atoms with E-state index in [-0.39, 0.29) is 17.6 Å². The first-order valence-corrected chi connectivity index (χ1v) is 5.85. The molecule has 1 aliphatic heterocycles. The number of piperazine rings is 1. The van der Waals surface area contributed by atoms with E-state index in [1.807, 2.05) is 6.92 Å². The first-order chi connectivity index (χ1) is 8.59. The van der Waals surface area contributed by atoms with Gasteiger partial charge in [-0.05, 0) is 13.0 Å². The third kappa shape index (κ3) is 2.48. The van der Waals surface area contributed by atoms with E-state index in [4.69, 9.17) is 0 Å². The topological polar surface area (TPSA) is 75.5 Å². The van der Waals surface area contributed by atoms with Crippen molar-refractivity contribution in [3.63, 3.8) is 0 Å². The molecule has 1 fully saturated rings. The quantitative estimate of drug-likeness (QED) is 0.627. The Hall–Kier alpha value is -1.95. The van der Waals surface area contributed by atoms with Gasteiger partial charge in [0.15, 0.2) is 0 Å². The molecule has 2 rings (SSSR count). The number of carbonyl (C=O) groups is 1. The smallest absolute Gasteiger partial charge is 0.270 e. The number of nitro groups is 1. The highest BCUT2D eigenvalue weighted by Crippen LogP contribution is 2.16. The number of nitrogens with zero attached hydrogens (tertiary/aromatic N) is 2. The van der Waals surface area contributed by atoms with E-state index in [2.05, 4.69) is 5.32 Å². The van der Waals surface area contributed by atoms with Gasteiger partial charge in [0.2, 0.25) is 0 Å². The molecule has 1 aromatic carbocycles. The van der Waals surface area contributed by atoms with Crippen LogP contribution in [0.2, 0.25) is 0 Å². The Labute approximate surface area is 105 Å². The second-order valence-electron chi connectivity index (χ2n) is 4.36. The standard InChI is InChI=1S/C12H15N3O3/c1-9-8-13-5-6-14(9)12(16)10-3-2-4-11(7-10)15(17)18/h2-4,7,9,13H,5-6,8H2,1H3/t9-/m1/s1. The second kappa shape index (κ2) is 5.14. The Morgan fingerprint density at radius 1 is 1.56 bits per heavy atom. The molecular formula is C12H15N3O3. The van der Waals surface area contributed by atoms with Crippen LogP contribution in [0.4, 0.5) is 5.69 Å². The monoisotopic (exact) mass is 249 g/mol. The van der Waals surface area contributed by atoms with Crippen molar-refractivity contribution in [2.24, 2.45) is 0 Å². The zero-order valence-electron chi connectivity index (χ0n) is 10.1. The van der Waals surface area contributed by atoms with Crippen LogP contribution in [-0.4, -0.2) is 41.4 Å². The van der Waals surface area contributed by atoms with E-state index in [1.54, 1.807) is 11.0 Å². The molecule has 0 saturated carbocycles. The summed E-state index contributed by atoms with van der Waals surface area (Å²) in [6, 6.07) is 5.97. The zero-order valence-corrected chi connectivity index (χ0v) is 10.1. The summed E-state index contributed by atoms with van der Waals surface area (Å²) in [5.74, 6) is -0.146. The lowest BCUT2D eigenvalue weighted by atomic mass is 10.1. The highest BCUT2D eigenvalue weighted by Gasteiger charge is 2.24. The van der Waals surface area contributed by atoms with Crippen LogP contribution in [0.3, 0.4) is 0 Å². The van der Waals surface area contributed by atoms with Crippen molar-refractivity contribution in [2.45, 2.75) is 13.0 Å². The van der Waals surface area contributed by atoms with Crippen LogP contribution < -0.4 is 5.32 Å². The van der Waals surface area contributed by atoms with E-state index in [0.717, 1.165) is 13.1 Å². The molecule has 1 N–H and O–H groups in total. The first-order valence-electron chi connectivity index (χ1n) is 5.85. The predicted octanol–water partition coefficient (Wildman–Crippen LogP) is 1.03. The molecular weight excluding hydrogens is 234 g/mol. The van der Waals surface area contributed by atoms with E-state index in [0.29, 0.717) is 12.1 Å². The van der Waals surface area contributed by atoms with Crippen LogP contribution in [0, 0.1) is 10.1 Å². The fourth-order valence-electron chi connectivity index (χ4n) is 2.06. The number of hydrogen-bond donors (Lipinski definition) is 1. The molecule has 6 nitrogen and oxygen atoms in total. The Morgan fingerprint density at radius 2 is 2.33 bits per heavy atom. The summed E-state index contributed by atoms with van der Waals surface area (Å²) in [4.78, 5) is 24.2. The highest BCUT2D eigenvalue weighted by molar-refractivity contribution is 5.95. The minimum atomic E-state index is -0.488. The van der Waals surface area contributed by atoms with Gasteiger partial charge in [0.25, 0.3) is 11.6 Å². The van der Waals surface area contributed by atoms with Gasteiger partial charge >= 0.3 is 0 Å². The van der Waals surface area contributed by atoms with Gasteiger partial charge in [-0.25, -0.2) is 0 Å². The molecule has 1 aliphatic rings. The first kappa shape index (κ1) is 12.5. The Morgan fingerprint density at radius 3 is 3.00 bits per heavy atom. The number of amides is 1. The van der Waals surface area contributed by atoms with E-state index in [1.165, 1.54) is 18.2 Å². The summed E-state index contributed by atoms with van der Waals surface area (Å²) in [5, 5.41) is 13.9. The Balaban J connectivity index is 2.22. The van der Waals surface area contributed by atoms with Gasteiger partial charge in [0, 0.05) is 43.4 Å². The summed E-state index contributed by atoms with van der Waals surface area (Å²) < 4.78 is 0. The highest BCUT2D eigenvalue weighted by atomic mass is 16.6. The zero-order chi connectivity index (χ0) is 13.1. The summed E-state index contributed by atoms with van der Waals surface area (Å²) in [6.45, 7) is 4.09. The molecule has 1 atom stereocenters. The van der Waals surface area contributed by atoms with Crippen molar-refractivity contribution in [3.8, 4) is 0 Å². The summed E-state index contributed by atoms with van der Waals surface area (Å²) >= 11 is 0.